The molecule has 7 heteroatoms. The van der Waals surface area contributed by atoms with Crippen LogP contribution in [0, 0.1) is 11.7 Å². The predicted molar refractivity (Wildman–Crippen MR) is 120 cm³/mol. The molecular formula is C25H31FN4O2. The summed E-state index contributed by atoms with van der Waals surface area (Å²) in [5, 5.41) is 0. The van der Waals surface area contributed by atoms with E-state index in [9.17, 15) is 14.0 Å². The normalized spacial score (nSPS) is 22.2. The van der Waals surface area contributed by atoms with Crippen molar-refractivity contribution in [3.8, 4) is 0 Å². The number of aromatic amines is 1. The number of carbonyl (C=O) groups excluding carboxylic acids is 1. The van der Waals surface area contributed by atoms with Crippen molar-refractivity contribution in [3.05, 3.63) is 63.1 Å². The van der Waals surface area contributed by atoms with Gasteiger partial charge in [-0.2, -0.15) is 0 Å². The largest absolute Gasteiger partial charge is 0.328 e. The third-order valence-electron chi connectivity index (χ3n) is 7.34. The smallest absolute Gasteiger partial charge is 0.257 e. The van der Waals surface area contributed by atoms with Crippen molar-refractivity contribution in [2.45, 2.75) is 64.0 Å². The second-order valence-electron chi connectivity index (χ2n) is 9.50. The first-order valence-corrected chi connectivity index (χ1v) is 12.0. The molecule has 1 unspecified atom stereocenters. The van der Waals surface area contributed by atoms with Crippen LogP contribution in [0.25, 0.3) is 0 Å². The number of aromatic nitrogens is 2. The van der Waals surface area contributed by atoms with Crippen molar-refractivity contribution in [2.24, 2.45) is 5.92 Å². The van der Waals surface area contributed by atoms with E-state index >= 15 is 0 Å². The molecular weight excluding hydrogens is 407 g/mol. The van der Waals surface area contributed by atoms with Gasteiger partial charge in [0.2, 0.25) is 0 Å². The van der Waals surface area contributed by atoms with Gasteiger partial charge < -0.3 is 9.88 Å². The third-order valence-corrected chi connectivity index (χ3v) is 7.34. The maximum absolute atomic E-state index is 14.2. The minimum atomic E-state index is -0.520. The maximum Gasteiger partial charge on any atom is 0.257 e. The van der Waals surface area contributed by atoms with E-state index < -0.39 is 5.82 Å². The third kappa shape index (κ3) is 4.22. The fraction of sp³-hybridized carbons (Fsp3) is 0.560. The van der Waals surface area contributed by atoms with Crippen LogP contribution < -0.4 is 5.56 Å². The molecule has 0 spiro atoms. The number of fused-ring (bicyclic) bond motifs is 1. The van der Waals surface area contributed by atoms with Crippen LogP contribution in [-0.4, -0.2) is 45.3 Å². The monoisotopic (exact) mass is 438 g/mol. The number of rotatable bonds is 4. The zero-order valence-corrected chi connectivity index (χ0v) is 18.5. The first kappa shape index (κ1) is 21.3. The van der Waals surface area contributed by atoms with Gasteiger partial charge in [0.05, 0.1) is 22.9 Å². The number of H-pyrrole nitrogens is 1. The molecule has 1 saturated carbocycles. The average Bonchev–Trinajstić information content (AvgIpc) is 3.30. The highest BCUT2D eigenvalue weighted by atomic mass is 19.1. The van der Waals surface area contributed by atoms with E-state index in [1.54, 1.807) is 17.0 Å². The molecule has 1 aliphatic carbocycles. The minimum Gasteiger partial charge on any atom is -0.328 e. The molecule has 0 bridgehead atoms. The number of hydrogen-bond acceptors (Lipinski definition) is 4. The zero-order chi connectivity index (χ0) is 22.1. The Morgan fingerprint density at radius 3 is 2.72 bits per heavy atom. The van der Waals surface area contributed by atoms with E-state index in [0.29, 0.717) is 18.9 Å². The lowest BCUT2D eigenvalue weighted by Gasteiger charge is -2.33. The Labute approximate surface area is 187 Å². The summed E-state index contributed by atoms with van der Waals surface area (Å²) in [5.41, 5.74) is 1.59. The Morgan fingerprint density at radius 2 is 1.91 bits per heavy atom. The molecule has 1 atom stereocenters. The molecule has 170 valence electrons. The summed E-state index contributed by atoms with van der Waals surface area (Å²) in [7, 11) is 0. The lowest BCUT2D eigenvalue weighted by atomic mass is 9.88. The summed E-state index contributed by atoms with van der Waals surface area (Å²) >= 11 is 0. The fourth-order valence-electron chi connectivity index (χ4n) is 5.63. The number of likely N-dealkylation sites (tertiary alicyclic amines) is 1. The molecule has 1 saturated heterocycles. The number of benzene rings is 1. The molecule has 3 heterocycles. The summed E-state index contributed by atoms with van der Waals surface area (Å²) < 4.78 is 14.2. The fourth-order valence-corrected chi connectivity index (χ4v) is 5.63. The molecule has 1 aromatic heterocycles. The molecule has 6 nitrogen and oxygen atoms in total. The topological polar surface area (TPSA) is 69.3 Å². The van der Waals surface area contributed by atoms with Crippen LogP contribution >= 0.6 is 0 Å². The SMILES string of the molecule is O=C(c1ccccc1F)N1CCCC1c1nc2c(c(=O)[nH]1)CN(CC1CCCCC1)CC2. The Hall–Kier alpha value is -2.54. The molecule has 5 rings (SSSR count). The first-order chi connectivity index (χ1) is 15.6. The van der Waals surface area contributed by atoms with Crippen LogP contribution in [-0.2, 0) is 13.0 Å². The van der Waals surface area contributed by atoms with Gasteiger partial charge in [0.1, 0.15) is 11.6 Å². The van der Waals surface area contributed by atoms with Gasteiger partial charge in [-0.1, -0.05) is 31.4 Å². The van der Waals surface area contributed by atoms with E-state index in [1.165, 1.54) is 44.2 Å². The zero-order valence-electron chi connectivity index (χ0n) is 18.5. The number of carbonyl (C=O) groups is 1. The van der Waals surface area contributed by atoms with Crippen LogP contribution in [0.4, 0.5) is 4.39 Å². The van der Waals surface area contributed by atoms with E-state index in [0.717, 1.165) is 49.5 Å². The second kappa shape index (κ2) is 9.14. The molecule has 0 radical (unpaired) electrons. The van der Waals surface area contributed by atoms with Gasteiger partial charge in [-0.3, -0.25) is 14.5 Å². The molecule has 1 N–H and O–H groups in total. The van der Waals surface area contributed by atoms with Gasteiger partial charge in [-0.15, -0.1) is 0 Å². The standard InChI is InChI=1S/C25H31FN4O2/c26-20-10-5-4-9-18(20)25(32)30-13-6-11-22(30)23-27-21-12-14-29(16-19(21)24(31)28-23)15-17-7-2-1-3-8-17/h4-5,9-10,17,22H,1-3,6-8,11-16H2,(H,27,28,31). The van der Waals surface area contributed by atoms with Crippen molar-refractivity contribution < 1.29 is 9.18 Å². The van der Waals surface area contributed by atoms with Gasteiger partial charge in [0.15, 0.2) is 0 Å². The molecule has 2 aromatic rings. The highest BCUT2D eigenvalue weighted by Gasteiger charge is 2.34. The van der Waals surface area contributed by atoms with Crippen molar-refractivity contribution >= 4 is 5.91 Å². The van der Waals surface area contributed by atoms with Crippen molar-refractivity contribution in [1.29, 1.82) is 0 Å². The number of nitrogens with zero attached hydrogens (tertiary/aromatic N) is 3. The van der Waals surface area contributed by atoms with E-state index in [-0.39, 0.29) is 23.1 Å². The van der Waals surface area contributed by atoms with Gasteiger partial charge in [0, 0.05) is 32.6 Å². The van der Waals surface area contributed by atoms with Crippen LogP contribution in [0.15, 0.2) is 29.1 Å². The Bertz CT molecular complexity index is 1050. The Kier molecular flexibility index (Phi) is 6.09. The van der Waals surface area contributed by atoms with Crippen LogP contribution in [0.1, 0.15) is 78.4 Å². The van der Waals surface area contributed by atoms with Crippen molar-refractivity contribution in [1.82, 2.24) is 19.8 Å². The summed E-state index contributed by atoms with van der Waals surface area (Å²) in [5.74, 6) is 0.419. The highest BCUT2D eigenvalue weighted by molar-refractivity contribution is 5.94. The molecule has 1 amide bonds. The van der Waals surface area contributed by atoms with Crippen LogP contribution in [0.2, 0.25) is 0 Å². The highest BCUT2D eigenvalue weighted by Crippen LogP contribution is 2.32. The van der Waals surface area contributed by atoms with Crippen molar-refractivity contribution in [3.63, 3.8) is 0 Å². The summed E-state index contributed by atoms with van der Waals surface area (Å²) in [6, 6.07) is 5.74. The summed E-state index contributed by atoms with van der Waals surface area (Å²) in [6.07, 6.45) is 8.87. The summed E-state index contributed by atoms with van der Waals surface area (Å²) in [6.45, 7) is 3.17. The number of halogens is 1. The van der Waals surface area contributed by atoms with Crippen LogP contribution in [0.5, 0.6) is 0 Å². The molecule has 3 aliphatic rings. The predicted octanol–water partition coefficient (Wildman–Crippen LogP) is 3.82. The number of hydrogen-bond donors (Lipinski definition) is 1. The molecule has 2 fully saturated rings. The Morgan fingerprint density at radius 1 is 1.09 bits per heavy atom. The van der Waals surface area contributed by atoms with E-state index in [2.05, 4.69) is 9.88 Å². The van der Waals surface area contributed by atoms with Gasteiger partial charge in [0.25, 0.3) is 11.5 Å². The quantitative estimate of drug-likeness (QED) is 0.788. The molecule has 2 aliphatic heterocycles. The lowest BCUT2D eigenvalue weighted by molar-refractivity contribution is 0.0724. The molecule has 32 heavy (non-hydrogen) atoms. The minimum absolute atomic E-state index is 0.0676. The first-order valence-electron chi connectivity index (χ1n) is 12.0. The molecule has 1 aromatic carbocycles. The number of nitrogens with one attached hydrogen (secondary N) is 1. The second-order valence-corrected chi connectivity index (χ2v) is 9.50. The van der Waals surface area contributed by atoms with Crippen molar-refractivity contribution in [2.75, 3.05) is 19.6 Å². The van der Waals surface area contributed by atoms with Crippen LogP contribution in [0.3, 0.4) is 0 Å². The van der Waals surface area contributed by atoms with Gasteiger partial charge in [-0.25, -0.2) is 9.37 Å². The lowest BCUT2D eigenvalue weighted by Crippen LogP contribution is -2.40. The maximum atomic E-state index is 14.2. The van der Waals surface area contributed by atoms with Gasteiger partial charge >= 0.3 is 0 Å². The van der Waals surface area contributed by atoms with Gasteiger partial charge in [-0.05, 0) is 43.7 Å². The average molecular weight is 439 g/mol. The summed E-state index contributed by atoms with van der Waals surface area (Å²) in [4.78, 5) is 37.9. The van der Waals surface area contributed by atoms with E-state index in [1.807, 2.05) is 0 Å². The number of amides is 1. The Balaban J connectivity index is 1.34. The van der Waals surface area contributed by atoms with E-state index in [4.69, 9.17) is 4.98 Å².